The van der Waals surface area contributed by atoms with Gasteiger partial charge in [0, 0.05) is 36.2 Å². The van der Waals surface area contributed by atoms with Gasteiger partial charge in [0.05, 0.1) is 11.1 Å². The number of nitrogens with zero attached hydrogens (tertiary/aromatic N) is 2. The van der Waals surface area contributed by atoms with Crippen LogP contribution in [0.4, 0.5) is 4.39 Å². The second-order valence-electron chi connectivity index (χ2n) is 5.03. The van der Waals surface area contributed by atoms with Crippen molar-refractivity contribution in [1.29, 1.82) is 0 Å². The maximum absolute atomic E-state index is 13.5. The molecule has 0 unspecified atom stereocenters. The molecule has 3 N–H and O–H groups in total. The zero-order valence-electron chi connectivity index (χ0n) is 11.1. The zero-order valence-corrected chi connectivity index (χ0v) is 11.1. The van der Waals surface area contributed by atoms with Gasteiger partial charge < -0.3 is 4.90 Å². The molecule has 0 atom stereocenters. The number of fused-ring (bicyclic) bond motifs is 2. The lowest BCUT2D eigenvalue weighted by molar-refractivity contribution is 0.0953. The predicted octanol–water partition coefficient (Wildman–Crippen LogP) is 0.965. The summed E-state index contributed by atoms with van der Waals surface area (Å²) in [7, 11) is 1.98. The van der Waals surface area contributed by atoms with Crippen LogP contribution in [0.2, 0.25) is 0 Å². The highest BCUT2D eigenvalue weighted by Gasteiger charge is 2.24. The van der Waals surface area contributed by atoms with Crippen LogP contribution in [0.15, 0.2) is 18.2 Å². The largest absolute Gasteiger partial charge is 0.302 e. The number of carbonyl (C=O) groups is 1. The van der Waals surface area contributed by atoms with Crippen molar-refractivity contribution in [3.05, 3.63) is 40.8 Å². The molecule has 5 nitrogen and oxygen atoms in total. The fraction of sp³-hybridized carbons (Fsp3) is 0.286. The van der Waals surface area contributed by atoms with Crippen LogP contribution in [0, 0.1) is 5.82 Å². The van der Waals surface area contributed by atoms with E-state index < -0.39 is 11.7 Å². The molecule has 1 aromatic heterocycles. The quantitative estimate of drug-likeness (QED) is 0.462. The van der Waals surface area contributed by atoms with Gasteiger partial charge in [0.2, 0.25) is 0 Å². The average molecular weight is 274 g/mol. The van der Waals surface area contributed by atoms with Crippen molar-refractivity contribution in [1.82, 2.24) is 15.3 Å². The Bertz CT molecular complexity index is 701. The number of likely N-dealkylation sites (N-methyl/N-ethyl adjacent to an activating group) is 1. The van der Waals surface area contributed by atoms with Gasteiger partial charge in [-0.2, -0.15) is 0 Å². The summed E-state index contributed by atoms with van der Waals surface area (Å²) in [5.41, 5.74) is 4.92. The lowest BCUT2D eigenvalue weighted by atomic mass is 9.95. The lowest BCUT2D eigenvalue weighted by Gasteiger charge is -2.26. The number of aromatic nitrogens is 1. The first-order valence-electron chi connectivity index (χ1n) is 6.40. The van der Waals surface area contributed by atoms with E-state index in [2.05, 4.69) is 15.3 Å². The highest BCUT2D eigenvalue weighted by Crippen LogP contribution is 2.28. The molecule has 0 bridgehead atoms. The van der Waals surface area contributed by atoms with Crippen molar-refractivity contribution >= 4 is 16.8 Å². The number of halogens is 1. The molecule has 0 fully saturated rings. The van der Waals surface area contributed by atoms with Crippen molar-refractivity contribution in [2.75, 3.05) is 13.6 Å². The maximum Gasteiger partial charge on any atom is 0.266 e. The SMILES string of the molecule is CN1CCc2nc3ccc(F)cc3c(C(=O)NN)c2C1. The third-order valence-corrected chi connectivity index (χ3v) is 3.65. The molecule has 1 aromatic carbocycles. The van der Waals surface area contributed by atoms with Crippen LogP contribution in [0.25, 0.3) is 10.9 Å². The first-order chi connectivity index (χ1) is 9.60. The highest BCUT2D eigenvalue weighted by atomic mass is 19.1. The summed E-state index contributed by atoms with van der Waals surface area (Å²) in [5, 5.41) is 0.502. The van der Waals surface area contributed by atoms with E-state index in [4.69, 9.17) is 5.84 Å². The van der Waals surface area contributed by atoms with Gasteiger partial charge in [-0.15, -0.1) is 0 Å². The fourth-order valence-electron chi connectivity index (χ4n) is 2.68. The van der Waals surface area contributed by atoms with Gasteiger partial charge in [-0.25, -0.2) is 10.2 Å². The molecule has 0 spiro atoms. The van der Waals surface area contributed by atoms with Crippen molar-refractivity contribution in [3.8, 4) is 0 Å². The van der Waals surface area contributed by atoms with Gasteiger partial charge in [0.15, 0.2) is 0 Å². The number of rotatable bonds is 1. The second kappa shape index (κ2) is 4.81. The van der Waals surface area contributed by atoms with Crippen molar-refractivity contribution in [3.63, 3.8) is 0 Å². The number of amides is 1. The first kappa shape index (κ1) is 13.0. The molecule has 6 heteroatoms. The smallest absolute Gasteiger partial charge is 0.266 e. The highest BCUT2D eigenvalue weighted by molar-refractivity contribution is 6.07. The van der Waals surface area contributed by atoms with Crippen LogP contribution in [-0.2, 0) is 13.0 Å². The zero-order chi connectivity index (χ0) is 14.3. The molecule has 0 aliphatic carbocycles. The molecule has 20 heavy (non-hydrogen) atoms. The van der Waals surface area contributed by atoms with Crippen LogP contribution in [0.5, 0.6) is 0 Å². The first-order valence-corrected chi connectivity index (χ1v) is 6.40. The minimum atomic E-state index is -0.408. The van der Waals surface area contributed by atoms with Crippen LogP contribution < -0.4 is 11.3 Å². The number of benzene rings is 1. The van der Waals surface area contributed by atoms with Crippen LogP contribution >= 0.6 is 0 Å². The van der Waals surface area contributed by atoms with Gasteiger partial charge in [0.1, 0.15) is 5.82 Å². The Morgan fingerprint density at radius 2 is 2.30 bits per heavy atom. The van der Waals surface area contributed by atoms with Gasteiger partial charge >= 0.3 is 0 Å². The van der Waals surface area contributed by atoms with Crippen LogP contribution in [-0.4, -0.2) is 29.4 Å². The summed E-state index contributed by atoms with van der Waals surface area (Å²) in [6.45, 7) is 1.49. The van der Waals surface area contributed by atoms with E-state index in [9.17, 15) is 9.18 Å². The summed E-state index contributed by atoms with van der Waals surface area (Å²) in [4.78, 5) is 18.8. The van der Waals surface area contributed by atoms with Crippen molar-refractivity contribution in [2.45, 2.75) is 13.0 Å². The Balaban J connectivity index is 2.35. The van der Waals surface area contributed by atoms with Gasteiger partial charge in [0.25, 0.3) is 5.91 Å². The number of carbonyl (C=O) groups excluding carboxylic acids is 1. The van der Waals surface area contributed by atoms with Gasteiger partial charge in [-0.05, 0) is 25.2 Å². The minimum Gasteiger partial charge on any atom is -0.302 e. The molecular formula is C14H15FN4O. The van der Waals surface area contributed by atoms with E-state index >= 15 is 0 Å². The lowest BCUT2D eigenvalue weighted by Crippen LogP contribution is -2.34. The van der Waals surface area contributed by atoms with E-state index in [0.717, 1.165) is 24.2 Å². The Kier molecular flexibility index (Phi) is 3.11. The van der Waals surface area contributed by atoms with Crippen molar-refractivity contribution in [2.24, 2.45) is 5.84 Å². The Morgan fingerprint density at radius 3 is 3.05 bits per heavy atom. The standard InChI is InChI=1S/C14H15FN4O/c1-19-5-4-12-10(7-19)13(14(20)18-16)9-6-8(15)2-3-11(9)17-12/h2-3,6H,4-5,7,16H2,1H3,(H,18,20). The minimum absolute atomic E-state index is 0.394. The molecule has 1 aliphatic heterocycles. The molecule has 1 aliphatic rings. The molecule has 104 valence electrons. The molecule has 2 heterocycles. The normalized spacial score (nSPS) is 15.2. The van der Waals surface area contributed by atoms with Crippen LogP contribution in [0.3, 0.4) is 0 Å². The third kappa shape index (κ3) is 2.03. The van der Waals surface area contributed by atoms with E-state index in [1.54, 1.807) is 6.07 Å². The molecular weight excluding hydrogens is 259 g/mol. The molecule has 3 rings (SSSR count). The average Bonchev–Trinajstić information content (AvgIpc) is 2.44. The summed E-state index contributed by atoms with van der Waals surface area (Å²) < 4.78 is 13.5. The molecule has 0 saturated carbocycles. The molecule has 0 radical (unpaired) electrons. The molecule has 2 aromatic rings. The number of nitrogens with two attached hydrogens (primary N) is 1. The number of nitrogens with one attached hydrogen (secondary N) is 1. The molecule has 0 saturated heterocycles. The van der Waals surface area contributed by atoms with E-state index in [1.165, 1.54) is 12.1 Å². The fourth-order valence-corrected chi connectivity index (χ4v) is 2.68. The Labute approximate surface area is 115 Å². The Hall–Kier alpha value is -2.05. The predicted molar refractivity (Wildman–Crippen MR) is 73.4 cm³/mol. The monoisotopic (exact) mass is 274 g/mol. The van der Waals surface area contributed by atoms with Gasteiger partial charge in [-0.3, -0.25) is 15.2 Å². The van der Waals surface area contributed by atoms with E-state index in [0.29, 0.717) is 23.0 Å². The maximum atomic E-state index is 13.5. The number of hydrazine groups is 1. The van der Waals surface area contributed by atoms with E-state index in [1.807, 2.05) is 7.05 Å². The van der Waals surface area contributed by atoms with Crippen molar-refractivity contribution < 1.29 is 9.18 Å². The van der Waals surface area contributed by atoms with E-state index in [-0.39, 0.29) is 0 Å². The summed E-state index contributed by atoms with van der Waals surface area (Å²) in [6, 6.07) is 4.28. The summed E-state index contributed by atoms with van der Waals surface area (Å²) in [5.74, 6) is 4.47. The number of nitrogen functional groups attached to an aromatic ring is 1. The number of hydrogen-bond acceptors (Lipinski definition) is 4. The van der Waals surface area contributed by atoms with Gasteiger partial charge in [-0.1, -0.05) is 0 Å². The number of hydrogen-bond donors (Lipinski definition) is 2. The third-order valence-electron chi connectivity index (χ3n) is 3.65. The Morgan fingerprint density at radius 1 is 1.50 bits per heavy atom. The molecule has 1 amide bonds. The summed E-state index contributed by atoms with van der Waals surface area (Å²) in [6.07, 6.45) is 0.768. The number of pyridine rings is 1. The van der Waals surface area contributed by atoms with Crippen LogP contribution in [0.1, 0.15) is 21.6 Å². The summed E-state index contributed by atoms with van der Waals surface area (Å²) >= 11 is 0. The second-order valence-corrected chi connectivity index (χ2v) is 5.03. The topological polar surface area (TPSA) is 71.2 Å².